The minimum Gasteiger partial charge on any atom is -0.450 e. The van der Waals surface area contributed by atoms with Crippen LogP contribution < -0.4 is 15.5 Å². The van der Waals surface area contributed by atoms with E-state index in [9.17, 15) is 14.4 Å². The van der Waals surface area contributed by atoms with Crippen LogP contribution in [0.1, 0.15) is 57.4 Å². The van der Waals surface area contributed by atoms with Gasteiger partial charge in [0.05, 0.1) is 12.1 Å². The fourth-order valence-electron chi connectivity index (χ4n) is 4.91. The molecule has 2 saturated heterocycles. The first kappa shape index (κ1) is 25.7. The lowest BCUT2D eigenvalue weighted by Gasteiger charge is -2.31. The number of anilines is 2. The Bertz CT molecular complexity index is 1090. The molecule has 2 aliphatic rings. The van der Waals surface area contributed by atoms with Gasteiger partial charge in [-0.25, -0.2) is 9.78 Å². The number of aryl methyl sites for hydroxylation is 1. The summed E-state index contributed by atoms with van der Waals surface area (Å²) in [6.07, 6.45) is 4.98. The third-order valence-electron chi connectivity index (χ3n) is 6.93. The van der Waals surface area contributed by atoms with Crippen molar-refractivity contribution in [3.05, 3.63) is 29.8 Å². The van der Waals surface area contributed by atoms with E-state index >= 15 is 0 Å². The first-order chi connectivity index (χ1) is 17.4. The lowest BCUT2D eigenvalue weighted by molar-refractivity contribution is -0.125. The van der Waals surface area contributed by atoms with Crippen molar-refractivity contribution in [3.63, 3.8) is 0 Å². The molecule has 0 aliphatic carbocycles. The number of hydrogen-bond acceptors (Lipinski definition) is 6. The molecule has 2 fully saturated rings. The quantitative estimate of drug-likeness (QED) is 0.602. The number of carbonyl (C=O) groups is 3. The molecular weight excluding hydrogens is 458 g/mol. The van der Waals surface area contributed by atoms with E-state index < -0.39 is 0 Å². The number of nitrogens with one attached hydrogen (secondary N) is 2. The molecule has 0 bridgehead atoms. The van der Waals surface area contributed by atoms with E-state index in [0.717, 1.165) is 35.4 Å². The van der Waals surface area contributed by atoms with Crippen LogP contribution in [0.3, 0.4) is 0 Å². The molecule has 0 spiro atoms. The number of aromatic nitrogens is 1. The van der Waals surface area contributed by atoms with Crippen molar-refractivity contribution >= 4 is 40.3 Å². The molecule has 3 heterocycles. The molecule has 194 valence electrons. The maximum absolute atomic E-state index is 12.5. The van der Waals surface area contributed by atoms with Crippen LogP contribution in [-0.2, 0) is 14.3 Å². The fraction of sp³-hybridized carbons (Fsp3) is 0.556. The fourth-order valence-corrected chi connectivity index (χ4v) is 4.91. The average molecular weight is 496 g/mol. The number of hydrogen-bond donors (Lipinski definition) is 2. The average Bonchev–Trinajstić information content (AvgIpc) is 2.89. The predicted octanol–water partition coefficient (Wildman–Crippen LogP) is 3.99. The van der Waals surface area contributed by atoms with E-state index in [1.807, 2.05) is 18.2 Å². The van der Waals surface area contributed by atoms with Crippen LogP contribution in [0.25, 0.3) is 10.9 Å². The Labute approximate surface area is 212 Å². The van der Waals surface area contributed by atoms with Gasteiger partial charge in [0.2, 0.25) is 11.8 Å². The minimum absolute atomic E-state index is 0.0111. The Morgan fingerprint density at radius 1 is 1.00 bits per heavy atom. The molecule has 3 amide bonds. The smallest absolute Gasteiger partial charge is 0.409 e. The Hall–Kier alpha value is -3.36. The van der Waals surface area contributed by atoms with Crippen LogP contribution in [0, 0.1) is 6.92 Å². The van der Waals surface area contributed by atoms with Gasteiger partial charge in [-0.15, -0.1) is 0 Å². The molecule has 2 aromatic rings. The predicted molar refractivity (Wildman–Crippen MR) is 140 cm³/mol. The summed E-state index contributed by atoms with van der Waals surface area (Å²) in [5.74, 6) is 0.676. The largest absolute Gasteiger partial charge is 0.450 e. The molecular formula is C27H37N5O4. The Balaban J connectivity index is 1.25. The third kappa shape index (κ3) is 6.65. The molecule has 0 atom stereocenters. The number of nitrogens with zero attached hydrogens (tertiary/aromatic N) is 3. The minimum atomic E-state index is -0.305. The number of fused-ring (bicyclic) bond motifs is 1. The number of ether oxygens (including phenoxy) is 1. The summed E-state index contributed by atoms with van der Waals surface area (Å²) in [6.45, 7) is 7.42. The normalized spacial score (nSPS) is 16.6. The third-order valence-corrected chi connectivity index (χ3v) is 6.93. The van der Waals surface area contributed by atoms with Crippen molar-refractivity contribution in [2.24, 2.45) is 0 Å². The van der Waals surface area contributed by atoms with E-state index in [4.69, 9.17) is 9.72 Å². The number of amides is 3. The SMILES string of the molecule is CCOC(=O)N1CCC(NC(=O)CCC(=O)Nc2ccc3nc(N4CCCCC4)cc(C)c3c2)CC1. The van der Waals surface area contributed by atoms with Crippen LogP contribution >= 0.6 is 0 Å². The van der Waals surface area contributed by atoms with Gasteiger partial charge in [0.25, 0.3) is 0 Å². The zero-order valence-electron chi connectivity index (χ0n) is 21.3. The van der Waals surface area contributed by atoms with Crippen LogP contribution in [0.2, 0.25) is 0 Å². The Morgan fingerprint density at radius 3 is 2.44 bits per heavy atom. The van der Waals surface area contributed by atoms with E-state index in [1.54, 1.807) is 11.8 Å². The van der Waals surface area contributed by atoms with Crippen LogP contribution in [0.5, 0.6) is 0 Å². The highest BCUT2D eigenvalue weighted by molar-refractivity contribution is 5.96. The first-order valence-corrected chi connectivity index (χ1v) is 13.1. The van der Waals surface area contributed by atoms with Gasteiger partial charge in [-0.1, -0.05) is 0 Å². The zero-order chi connectivity index (χ0) is 25.5. The van der Waals surface area contributed by atoms with Gasteiger partial charge in [0.1, 0.15) is 5.82 Å². The number of piperidine rings is 2. The summed E-state index contributed by atoms with van der Waals surface area (Å²) >= 11 is 0. The maximum atomic E-state index is 12.5. The van der Waals surface area contributed by atoms with Gasteiger partial charge in [-0.3, -0.25) is 9.59 Å². The highest BCUT2D eigenvalue weighted by Crippen LogP contribution is 2.27. The van der Waals surface area contributed by atoms with Crippen LogP contribution in [0.4, 0.5) is 16.3 Å². The molecule has 1 aromatic heterocycles. The van der Waals surface area contributed by atoms with Crippen molar-refractivity contribution in [2.75, 3.05) is 43.0 Å². The second-order valence-electron chi connectivity index (χ2n) is 9.65. The number of rotatable bonds is 7. The van der Waals surface area contributed by atoms with Gasteiger partial charge in [-0.2, -0.15) is 0 Å². The molecule has 9 nitrogen and oxygen atoms in total. The van der Waals surface area contributed by atoms with Crippen molar-refractivity contribution in [3.8, 4) is 0 Å². The van der Waals surface area contributed by atoms with Gasteiger partial charge < -0.3 is 25.2 Å². The highest BCUT2D eigenvalue weighted by Gasteiger charge is 2.24. The number of pyridine rings is 1. The topological polar surface area (TPSA) is 104 Å². The van der Waals surface area contributed by atoms with Gasteiger partial charge in [-0.05, 0) is 75.8 Å². The van der Waals surface area contributed by atoms with Crippen molar-refractivity contribution in [1.29, 1.82) is 0 Å². The standard InChI is InChI=1S/C27H37N5O4/c1-3-36-27(35)32-15-11-20(12-16-32)28-25(33)9-10-26(34)29-21-7-8-23-22(18-21)19(2)17-24(30-23)31-13-5-4-6-14-31/h7-8,17-18,20H,3-6,9-16H2,1-2H3,(H,28,33)(H,29,34). The van der Waals surface area contributed by atoms with E-state index in [2.05, 4.69) is 28.5 Å². The Kier molecular flexibility index (Phi) is 8.61. The monoisotopic (exact) mass is 495 g/mol. The summed E-state index contributed by atoms with van der Waals surface area (Å²) < 4.78 is 5.02. The number of carbonyl (C=O) groups excluding carboxylic acids is 3. The molecule has 0 saturated carbocycles. The Morgan fingerprint density at radius 2 is 1.72 bits per heavy atom. The summed E-state index contributed by atoms with van der Waals surface area (Å²) in [4.78, 5) is 45.5. The summed E-state index contributed by atoms with van der Waals surface area (Å²) in [7, 11) is 0. The zero-order valence-corrected chi connectivity index (χ0v) is 21.3. The van der Waals surface area contributed by atoms with Crippen molar-refractivity contribution in [1.82, 2.24) is 15.2 Å². The van der Waals surface area contributed by atoms with E-state index in [0.29, 0.717) is 38.2 Å². The molecule has 1 aromatic carbocycles. The van der Waals surface area contributed by atoms with Gasteiger partial charge in [0, 0.05) is 56.1 Å². The lowest BCUT2D eigenvalue weighted by atomic mass is 10.1. The van der Waals surface area contributed by atoms with Gasteiger partial charge >= 0.3 is 6.09 Å². The van der Waals surface area contributed by atoms with Gasteiger partial charge in [0.15, 0.2) is 0 Å². The van der Waals surface area contributed by atoms with Crippen LogP contribution in [-0.4, -0.2) is 66.6 Å². The highest BCUT2D eigenvalue weighted by atomic mass is 16.6. The van der Waals surface area contributed by atoms with E-state index in [1.165, 1.54) is 19.3 Å². The molecule has 9 heteroatoms. The lowest BCUT2D eigenvalue weighted by Crippen LogP contribution is -2.46. The number of benzene rings is 1. The molecule has 4 rings (SSSR count). The molecule has 2 aliphatic heterocycles. The summed E-state index contributed by atoms with van der Waals surface area (Å²) in [5.41, 5.74) is 2.75. The van der Waals surface area contributed by atoms with Crippen molar-refractivity contribution in [2.45, 2.75) is 64.8 Å². The summed E-state index contributed by atoms with van der Waals surface area (Å²) in [5, 5.41) is 6.91. The molecule has 2 N–H and O–H groups in total. The second-order valence-corrected chi connectivity index (χ2v) is 9.65. The van der Waals surface area contributed by atoms with E-state index in [-0.39, 0.29) is 36.8 Å². The summed E-state index contributed by atoms with van der Waals surface area (Å²) in [6, 6.07) is 7.90. The number of likely N-dealkylation sites (tertiary alicyclic amines) is 1. The molecule has 0 unspecified atom stereocenters. The van der Waals surface area contributed by atoms with Crippen molar-refractivity contribution < 1.29 is 19.1 Å². The molecule has 0 radical (unpaired) electrons. The molecule has 36 heavy (non-hydrogen) atoms. The first-order valence-electron chi connectivity index (χ1n) is 13.1. The second kappa shape index (κ2) is 12.1. The van der Waals surface area contributed by atoms with Crippen LogP contribution in [0.15, 0.2) is 24.3 Å². The maximum Gasteiger partial charge on any atom is 0.409 e.